The molecule has 0 fully saturated rings. The minimum absolute atomic E-state index is 0.00201. The third-order valence-electron chi connectivity index (χ3n) is 3.67. The van der Waals surface area contributed by atoms with E-state index in [1.807, 2.05) is 0 Å². The van der Waals surface area contributed by atoms with Gasteiger partial charge in [-0.3, -0.25) is 0 Å². The molecular weight excluding hydrogens is 301 g/mol. The van der Waals surface area contributed by atoms with Crippen molar-refractivity contribution in [3.05, 3.63) is 53.8 Å². The van der Waals surface area contributed by atoms with Crippen LogP contribution in [-0.4, -0.2) is 22.9 Å². The molecular formula is C17H10FNO4. The van der Waals surface area contributed by atoms with Crippen LogP contribution in [0, 0.1) is 5.82 Å². The first-order chi connectivity index (χ1) is 11.1. The van der Waals surface area contributed by atoms with Gasteiger partial charge in [-0.05, 0) is 42.5 Å². The second-order valence-corrected chi connectivity index (χ2v) is 5.09. The zero-order valence-electron chi connectivity index (χ0n) is 11.7. The van der Waals surface area contributed by atoms with E-state index in [2.05, 4.69) is 4.98 Å². The lowest BCUT2D eigenvalue weighted by molar-refractivity contribution is 0.0699. The lowest BCUT2D eigenvalue weighted by atomic mass is 10.0. The first-order valence-electron chi connectivity index (χ1n) is 6.85. The lowest BCUT2D eigenvalue weighted by Gasteiger charge is -2.08. The van der Waals surface area contributed by atoms with E-state index < -0.39 is 11.8 Å². The number of aromatic nitrogens is 1. The summed E-state index contributed by atoms with van der Waals surface area (Å²) >= 11 is 0. The highest BCUT2D eigenvalue weighted by molar-refractivity contribution is 6.03. The Morgan fingerprint density at radius 2 is 1.91 bits per heavy atom. The molecule has 0 bridgehead atoms. The zero-order valence-corrected chi connectivity index (χ0v) is 11.7. The summed E-state index contributed by atoms with van der Waals surface area (Å²) in [6.07, 6.45) is 0. The number of carboxylic acid groups (broad SMARTS) is 1. The molecule has 1 aliphatic heterocycles. The summed E-state index contributed by atoms with van der Waals surface area (Å²) in [4.78, 5) is 15.9. The van der Waals surface area contributed by atoms with Crippen molar-refractivity contribution in [1.82, 2.24) is 4.98 Å². The number of fused-ring (bicyclic) bond motifs is 2. The molecule has 114 valence electrons. The molecule has 0 aliphatic carbocycles. The number of aromatic carboxylic acids is 1. The third-order valence-corrected chi connectivity index (χ3v) is 3.67. The van der Waals surface area contributed by atoms with E-state index in [0.29, 0.717) is 28.3 Å². The number of carboxylic acids is 1. The van der Waals surface area contributed by atoms with Crippen LogP contribution in [0.5, 0.6) is 11.5 Å². The van der Waals surface area contributed by atoms with Crippen molar-refractivity contribution in [2.45, 2.75) is 0 Å². The summed E-state index contributed by atoms with van der Waals surface area (Å²) in [7, 11) is 0. The highest BCUT2D eigenvalue weighted by atomic mass is 19.1. The second kappa shape index (κ2) is 4.95. The van der Waals surface area contributed by atoms with Crippen molar-refractivity contribution < 1.29 is 23.8 Å². The minimum Gasteiger partial charge on any atom is -0.478 e. The first kappa shape index (κ1) is 13.5. The van der Waals surface area contributed by atoms with Gasteiger partial charge in [-0.1, -0.05) is 0 Å². The Morgan fingerprint density at radius 3 is 2.74 bits per heavy atom. The van der Waals surface area contributed by atoms with Crippen molar-refractivity contribution in [1.29, 1.82) is 0 Å². The number of nitrogens with zero attached hydrogens (tertiary/aromatic N) is 1. The number of benzene rings is 2. The monoisotopic (exact) mass is 311 g/mol. The standard InChI is InChI=1S/C17H10FNO4/c18-10-2-3-13-11(6-10)12(17(20)21)7-14(19-13)9-1-4-15-16(5-9)23-8-22-15/h1-7H,8H2,(H,20,21). The van der Waals surface area contributed by atoms with Crippen molar-refractivity contribution in [2.75, 3.05) is 6.79 Å². The van der Waals surface area contributed by atoms with Crippen LogP contribution in [0.15, 0.2) is 42.5 Å². The number of hydrogen-bond acceptors (Lipinski definition) is 4. The molecule has 5 nitrogen and oxygen atoms in total. The molecule has 23 heavy (non-hydrogen) atoms. The summed E-state index contributed by atoms with van der Waals surface area (Å²) in [5.41, 5.74) is 1.59. The van der Waals surface area contributed by atoms with Crippen LogP contribution in [0.1, 0.15) is 10.4 Å². The van der Waals surface area contributed by atoms with Crippen molar-refractivity contribution >= 4 is 16.9 Å². The van der Waals surface area contributed by atoms with Crippen LogP contribution in [0.2, 0.25) is 0 Å². The maximum absolute atomic E-state index is 13.4. The van der Waals surface area contributed by atoms with Crippen LogP contribution in [0.4, 0.5) is 4.39 Å². The van der Waals surface area contributed by atoms with E-state index in [1.165, 1.54) is 24.3 Å². The summed E-state index contributed by atoms with van der Waals surface area (Å²) in [6.45, 7) is 0.156. The predicted molar refractivity (Wildman–Crippen MR) is 80.2 cm³/mol. The number of halogens is 1. The fourth-order valence-electron chi connectivity index (χ4n) is 2.58. The maximum atomic E-state index is 13.4. The highest BCUT2D eigenvalue weighted by Crippen LogP contribution is 2.36. The Kier molecular flexibility index (Phi) is 2.90. The Morgan fingerprint density at radius 1 is 1.09 bits per heavy atom. The van der Waals surface area contributed by atoms with Gasteiger partial charge in [-0.15, -0.1) is 0 Å². The SMILES string of the molecule is O=C(O)c1cc(-c2ccc3c(c2)OCO3)nc2ccc(F)cc12. The number of carbonyl (C=O) groups is 1. The fraction of sp³-hybridized carbons (Fsp3) is 0.0588. The molecule has 0 unspecified atom stereocenters. The largest absolute Gasteiger partial charge is 0.478 e. The first-order valence-corrected chi connectivity index (χ1v) is 6.85. The minimum atomic E-state index is -1.13. The zero-order chi connectivity index (χ0) is 16.0. The van der Waals surface area contributed by atoms with Gasteiger partial charge in [0.1, 0.15) is 5.82 Å². The van der Waals surface area contributed by atoms with Crippen LogP contribution in [0.3, 0.4) is 0 Å². The molecule has 0 saturated heterocycles. The lowest BCUT2D eigenvalue weighted by Crippen LogP contribution is -2.00. The number of rotatable bonds is 2. The Bertz CT molecular complexity index is 955. The molecule has 1 aromatic heterocycles. The van der Waals surface area contributed by atoms with Crippen molar-refractivity contribution in [2.24, 2.45) is 0 Å². The van der Waals surface area contributed by atoms with Gasteiger partial charge in [0.15, 0.2) is 11.5 Å². The predicted octanol–water partition coefficient (Wildman–Crippen LogP) is 3.47. The normalized spacial score (nSPS) is 12.6. The van der Waals surface area contributed by atoms with E-state index in [1.54, 1.807) is 18.2 Å². The van der Waals surface area contributed by atoms with E-state index >= 15 is 0 Å². The molecule has 0 saturated carbocycles. The van der Waals surface area contributed by atoms with Gasteiger partial charge in [-0.25, -0.2) is 14.2 Å². The van der Waals surface area contributed by atoms with Crippen molar-refractivity contribution in [3.63, 3.8) is 0 Å². The van der Waals surface area contributed by atoms with Crippen LogP contribution < -0.4 is 9.47 Å². The Hall–Kier alpha value is -3.15. The average Bonchev–Trinajstić information content (AvgIpc) is 3.01. The maximum Gasteiger partial charge on any atom is 0.336 e. The molecule has 0 atom stereocenters. The van der Waals surface area contributed by atoms with E-state index in [4.69, 9.17) is 9.47 Å². The molecule has 1 aliphatic rings. The van der Waals surface area contributed by atoms with E-state index in [0.717, 1.165) is 0 Å². The van der Waals surface area contributed by atoms with Crippen molar-refractivity contribution in [3.8, 4) is 22.8 Å². The number of hydrogen-bond donors (Lipinski definition) is 1. The summed E-state index contributed by atoms with van der Waals surface area (Å²) in [6, 6.07) is 10.6. The molecule has 0 radical (unpaired) electrons. The van der Waals surface area contributed by atoms with Gasteiger partial charge >= 0.3 is 5.97 Å². The second-order valence-electron chi connectivity index (χ2n) is 5.09. The fourth-order valence-corrected chi connectivity index (χ4v) is 2.58. The van der Waals surface area contributed by atoms with Gasteiger partial charge in [0.05, 0.1) is 16.8 Å². The van der Waals surface area contributed by atoms with Gasteiger partial charge in [-0.2, -0.15) is 0 Å². The van der Waals surface area contributed by atoms with Crippen LogP contribution in [0.25, 0.3) is 22.2 Å². The quantitative estimate of drug-likeness (QED) is 0.785. The van der Waals surface area contributed by atoms with E-state index in [-0.39, 0.29) is 17.7 Å². The molecule has 3 aromatic rings. The average molecular weight is 311 g/mol. The number of pyridine rings is 1. The molecule has 2 aromatic carbocycles. The molecule has 0 spiro atoms. The Balaban J connectivity index is 1.94. The highest BCUT2D eigenvalue weighted by Gasteiger charge is 2.17. The molecule has 4 rings (SSSR count). The van der Waals surface area contributed by atoms with Gasteiger partial charge in [0.25, 0.3) is 0 Å². The van der Waals surface area contributed by atoms with Gasteiger partial charge in [0, 0.05) is 10.9 Å². The smallest absolute Gasteiger partial charge is 0.336 e. The molecule has 1 N–H and O–H groups in total. The number of ether oxygens (including phenoxy) is 2. The summed E-state index contributed by atoms with van der Waals surface area (Å²) < 4.78 is 24.0. The Labute approximate surface area is 129 Å². The van der Waals surface area contributed by atoms with Gasteiger partial charge in [0.2, 0.25) is 6.79 Å². The van der Waals surface area contributed by atoms with E-state index in [9.17, 15) is 14.3 Å². The third kappa shape index (κ3) is 2.24. The van der Waals surface area contributed by atoms with Gasteiger partial charge < -0.3 is 14.6 Å². The topological polar surface area (TPSA) is 68.7 Å². The van der Waals surface area contributed by atoms with Crippen LogP contribution in [-0.2, 0) is 0 Å². The summed E-state index contributed by atoms with van der Waals surface area (Å²) in [5.74, 6) is -0.418. The summed E-state index contributed by atoms with van der Waals surface area (Å²) in [5, 5.41) is 9.67. The molecule has 6 heteroatoms. The molecule has 0 amide bonds. The molecule has 2 heterocycles. The van der Waals surface area contributed by atoms with Crippen LogP contribution >= 0.6 is 0 Å².